The van der Waals surface area contributed by atoms with Gasteiger partial charge in [-0.15, -0.1) is 11.8 Å². The Balaban J connectivity index is 1.86. The summed E-state index contributed by atoms with van der Waals surface area (Å²) in [4.78, 5) is 1.13. The lowest BCUT2D eigenvalue weighted by atomic mass is 10.3. The maximum Gasteiger partial charge on any atom is 0.0793 e. The molecule has 0 saturated carbocycles. The average Bonchev–Trinajstić information content (AvgIpc) is 2.32. The Morgan fingerprint density at radius 2 is 2.25 bits per heavy atom. The second-order valence-corrected chi connectivity index (χ2v) is 5.49. The van der Waals surface area contributed by atoms with Crippen molar-refractivity contribution in [3.63, 3.8) is 0 Å². The summed E-state index contributed by atoms with van der Waals surface area (Å²) in [6, 6.07) is 5.70. The fourth-order valence-corrected chi connectivity index (χ4v) is 2.80. The van der Waals surface area contributed by atoms with E-state index in [-0.39, 0.29) is 6.10 Å². The van der Waals surface area contributed by atoms with E-state index in [0.29, 0.717) is 10.0 Å². The van der Waals surface area contributed by atoms with Gasteiger partial charge < -0.3 is 10.1 Å². The highest BCUT2D eigenvalue weighted by molar-refractivity contribution is 7.99. The van der Waals surface area contributed by atoms with Gasteiger partial charge in [0.1, 0.15) is 0 Å². The summed E-state index contributed by atoms with van der Waals surface area (Å²) in [5.41, 5.74) is 0. The minimum absolute atomic E-state index is 0.285. The first-order chi connectivity index (χ1) is 7.75. The molecule has 2 nitrogen and oxygen atoms in total. The molecule has 1 aliphatic heterocycles. The van der Waals surface area contributed by atoms with Crippen molar-refractivity contribution in [1.82, 2.24) is 5.32 Å². The van der Waals surface area contributed by atoms with Crippen molar-refractivity contribution in [2.45, 2.75) is 11.0 Å². The van der Waals surface area contributed by atoms with Crippen LogP contribution in [-0.4, -0.2) is 31.6 Å². The SMILES string of the molecule is Clc1ccc(SCC2CNCCO2)cc1Cl. The average molecular weight is 278 g/mol. The number of benzene rings is 1. The van der Waals surface area contributed by atoms with Crippen LogP contribution in [0.4, 0.5) is 0 Å². The molecular formula is C11H13Cl2NOS. The summed E-state index contributed by atoms with van der Waals surface area (Å²) >= 11 is 13.5. The van der Waals surface area contributed by atoms with Crippen LogP contribution in [0.2, 0.25) is 10.0 Å². The number of ether oxygens (including phenoxy) is 1. The Hall–Kier alpha value is 0.0700. The zero-order valence-electron chi connectivity index (χ0n) is 8.71. The predicted molar refractivity (Wildman–Crippen MR) is 69.8 cm³/mol. The molecule has 1 unspecified atom stereocenters. The third-order valence-corrected chi connectivity index (χ3v) is 4.20. The fraction of sp³-hybridized carbons (Fsp3) is 0.455. The highest BCUT2D eigenvalue weighted by Gasteiger charge is 2.13. The van der Waals surface area contributed by atoms with Gasteiger partial charge in [0.15, 0.2) is 0 Å². The van der Waals surface area contributed by atoms with Crippen LogP contribution in [0.3, 0.4) is 0 Å². The topological polar surface area (TPSA) is 21.3 Å². The summed E-state index contributed by atoms with van der Waals surface area (Å²) in [6.07, 6.45) is 0.285. The van der Waals surface area contributed by atoms with E-state index in [4.69, 9.17) is 27.9 Å². The Morgan fingerprint density at radius 1 is 1.38 bits per heavy atom. The summed E-state index contributed by atoms with van der Waals surface area (Å²) < 4.78 is 5.61. The predicted octanol–water partition coefficient (Wildman–Crippen LogP) is 3.07. The van der Waals surface area contributed by atoms with E-state index in [2.05, 4.69) is 5.32 Å². The first-order valence-electron chi connectivity index (χ1n) is 5.16. The molecule has 0 bridgehead atoms. The van der Waals surface area contributed by atoms with Crippen molar-refractivity contribution in [3.05, 3.63) is 28.2 Å². The van der Waals surface area contributed by atoms with Gasteiger partial charge in [-0.1, -0.05) is 23.2 Å². The highest BCUT2D eigenvalue weighted by Crippen LogP contribution is 2.28. The zero-order chi connectivity index (χ0) is 11.4. The van der Waals surface area contributed by atoms with Crippen LogP contribution in [-0.2, 0) is 4.74 Å². The smallest absolute Gasteiger partial charge is 0.0793 e. The van der Waals surface area contributed by atoms with Crippen molar-refractivity contribution >= 4 is 35.0 Å². The Morgan fingerprint density at radius 3 is 2.94 bits per heavy atom. The summed E-state index contributed by atoms with van der Waals surface area (Å²) in [5, 5.41) is 4.51. The van der Waals surface area contributed by atoms with Crippen LogP contribution in [0.1, 0.15) is 0 Å². The van der Waals surface area contributed by atoms with Gasteiger partial charge in [-0.05, 0) is 18.2 Å². The maximum atomic E-state index is 5.95. The molecule has 1 atom stereocenters. The molecular weight excluding hydrogens is 265 g/mol. The molecule has 0 aliphatic carbocycles. The second-order valence-electron chi connectivity index (χ2n) is 3.58. The number of rotatable bonds is 3. The molecule has 0 aromatic heterocycles. The minimum atomic E-state index is 0.285. The molecule has 1 aromatic carbocycles. The minimum Gasteiger partial charge on any atom is -0.375 e. The van der Waals surface area contributed by atoms with E-state index < -0.39 is 0 Å². The zero-order valence-corrected chi connectivity index (χ0v) is 11.0. The lowest BCUT2D eigenvalue weighted by Crippen LogP contribution is -2.39. The number of nitrogens with one attached hydrogen (secondary N) is 1. The fourth-order valence-electron chi connectivity index (χ4n) is 1.48. The summed E-state index contributed by atoms with van der Waals surface area (Å²) in [5.74, 6) is 0.935. The van der Waals surface area contributed by atoms with Crippen LogP contribution >= 0.6 is 35.0 Å². The van der Waals surface area contributed by atoms with Gasteiger partial charge in [0.2, 0.25) is 0 Å². The van der Waals surface area contributed by atoms with Crippen molar-refractivity contribution < 1.29 is 4.74 Å². The van der Waals surface area contributed by atoms with Gasteiger partial charge in [-0.3, -0.25) is 0 Å². The van der Waals surface area contributed by atoms with Crippen LogP contribution in [0, 0.1) is 0 Å². The normalized spacial score (nSPS) is 21.0. The third kappa shape index (κ3) is 3.54. The van der Waals surface area contributed by atoms with E-state index in [1.165, 1.54) is 0 Å². The van der Waals surface area contributed by atoms with Crippen molar-refractivity contribution in [2.75, 3.05) is 25.4 Å². The van der Waals surface area contributed by atoms with Gasteiger partial charge in [-0.2, -0.15) is 0 Å². The lowest BCUT2D eigenvalue weighted by Gasteiger charge is -2.23. The van der Waals surface area contributed by atoms with Gasteiger partial charge in [0, 0.05) is 23.7 Å². The second kappa shape index (κ2) is 6.12. The van der Waals surface area contributed by atoms with Crippen molar-refractivity contribution in [1.29, 1.82) is 0 Å². The Kier molecular flexibility index (Phi) is 4.79. The van der Waals surface area contributed by atoms with Crippen molar-refractivity contribution in [3.8, 4) is 0 Å². The number of thioether (sulfide) groups is 1. The van der Waals surface area contributed by atoms with Crippen molar-refractivity contribution in [2.24, 2.45) is 0 Å². The van der Waals surface area contributed by atoms with Crippen LogP contribution in [0.25, 0.3) is 0 Å². The number of hydrogen-bond donors (Lipinski definition) is 1. The Bertz CT molecular complexity index is 356. The van der Waals surface area contributed by atoms with E-state index in [0.717, 1.165) is 30.3 Å². The number of halogens is 2. The molecule has 1 saturated heterocycles. The van der Waals surface area contributed by atoms with E-state index >= 15 is 0 Å². The summed E-state index contributed by atoms with van der Waals surface area (Å²) in [7, 11) is 0. The highest BCUT2D eigenvalue weighted by atomic mass is 35.5. The molecule has 1 aliphatic rings. The molecule has 0 amide bonds. The van der Waals surface area contributed by atoms with Crippen LogP contribution in [0.5, 0.6) is 0 Å². The van der Waals surface area contributed by atoms with Gasteiger partial charge >= 0.3 is 0 Å². The van der Waals surface area contributed by atoms with Crippen LogP contribution < -0.4 is 5.32 Å². The van der Waals surface area contributed by atoms with Gasteiger partial charge in [0.25, 0.3) is 0 Å². The van der Waals surface area contributed by atoms with Gasteiger partial charge in [-0.25, -0.2) is 0 Å². The van der Waals surface area contributed by atoms with Crippen LogP contribution in [0.15, 0.2) is 23.1 Å². The molecule has 2 rings (SSSR count). The molecule has 1 aromatic rings. The monoisotopic (exact) mass is 277 g/mol. The number of hydrogen-bond acceptors (Lipinski definition) is 3. The van der Waals surface area contributed by atoms with E-state index in [1.807, 2.05) is 18.2 Å². The molecule has 5 heteroatoms. The number of morpholine rings is 1. The molecule has 16 heavy (non-hydrogen) atoms. The molecule has 1 heterocycles. The maximum absolute atomic E-state index is 5.95. The van der Waals surface area contributed by atoms with Gasteiger partial charge in [0.05, 0.1) is 22.8 Å². The molecule has 1 N–H and O–H groups in total. The molecule has 88 valence electrons. The molecule has 0 spiro atoms. The lowest BCUT2D eigenvalue weighted by molar-refractivity contribution is 0.0441. The standard InChI is InChI=1S/C11H13Cl2NOS/c12-10-2-1-9(5-11(10)13)16-7-8-6-14-3-4-15-8/h1-2,5,8,14H,3-4,6-7H2. The largest absolute Gasteiger partial charge is 0.375 e. The molecule has 1 fully saturated rings. The molecule has 0 radical (unpaired) electrons. The third-order valence-electron chi connectivity index (χ3n) is 2.33. The quantitative estimate of drug-likeness (QED) is 0.859. The summed E-state index contributed by atoms with van der Waals surface area (Å²) in [6.45, 7) is 2.68. The van der Waals surface area contributed by atoms with E-state index in [1.54, 1.807) is 11.8 Å². The first-order valence-corrected chi connectivity index (χ1v) is 6.90. The Labute approximate surface area is 110 Å². The van der Waals surface area contributed by atoms with E-state index in [9.17, 15) is 0 Å². The first kappa shape index (κ1) is 12.5.